The molecule has 0 aliphatic heterocycles. The molecule has 0 heterocycles. The second kappa shape index (κ2) is 7.92. The second-order valence-corrected chi connectivity index (χ2v) is 7.18. The van der Waals surface area contributed by atoms with Gasteiger partial charge in [-0.1, -0.05) is 40.2 Å². The zero-order chi connectivity index (χ0) is 18.7. The van der Waals surface area contributed by atoms with Gasteiger partial charge < -0.3 is 9.64 Å². The van der Waals surface area contributed by atoms with Crippen molar-refractivity contribution in [1.82, 2.24) is 0 Å². The molecule has 3 aromatic carbocycles. The summed E-state index contributed by atoms with van der Waals surface area (Å²) < 4.78 is 6.56. The number of ether oxygens (including phenoxy) is 1. The Balaban J connectivity index is 2.00. The van der Waals surface area contributed by atoms with Gasteiger partial charge in [-0.25, -0.2) is 0 Å². The minimum atomic E-state index is 0.0619. The Morgan fingerprint density at radius 2 is 1.92 bits per heavy atom. The fraction of sp³-hybridized carbons (Fsp3) is 0.227. The molecule has 26 heavy (non-hydrogen) atoms. The van der Waals surface area contributed by atoms with E-state index in [-0.39, 0.29) is 5.91 Å². The summed E-state index contributed by atoms with van der Waals surface area (Å²) >= 11 is 3.51. The maximum absolute atomic E-state index is 13.1. The number of halogens is 1. The molecule has 0 bridgehead atoms. The molecule has 0 unspecified atom stereocenters. The number of rotatable bonds is 5. The summed E-state index contributed by atoms with van der Waals surface area (Å²) in [6, 6.07) is 18.1. The zero-order valence-electron chi connectivity index (χ0n) is 15.3. The highest BCUT2D eigenvalue weighted by atomic mass is 79.9. The fourth-order valence-corrected chi connectivity index (χ4v) is 3.64. The average Bonchev–Trinajstić information content (AvgIpc) is 2.62. The van der Waals surface area contributed by atoms with E-state index in [2.05, 4.69) is 22.0 Å². The van der Waals surface area contributed by atoms with Crippen molar-refractivity contribution in [2.45, 2.75) is 20.3 Å². The van der Waals surface area contributed by atoms with Gasteiger partial charge in [0.2, 0.25) is 5.91 Å². The standard InChI is InChI=1S/C22H22BrNO2/c1-4-24(18-7-5-6-15(2)12-18)22(25)14-20-19-10-9-17(23)13-16(19)8-11-21(20)26-3/h5-13H,4,14H2,1-3H3. The highest BCUT2D eigenvalue weighted by Gasteiger charge is 2.18. The molecule has 0 aliphatic rings. The molecule has 0 saturated heterocycles. The van der Waals surface area contributed by atoms with Crippen molar-refractivity contribution in [2.24, 2.45) is 0 Å². The van der Waals surface area contributed by atoms with Crippen LogP contribution in [0.2, 0.25) is 0 Å². The van der Waals surface area contributed by atoms with Crippen LogP contribution in [0.5, 0.6) is 5.75 Å². The Morgan fingerprint density at radius 3 is 2.62 bits per heavy atom. The van der Waals surface area contributed by atoms with Crippen LogP contribution in [0.4, 0.5) is 5.69 Å². The predicted molar refractivity (Wildman–Crippen MR) is 111 cm³/mol. The monoisotopic (exact) mass is 411 g/mol. The van der Waals surface area contributed by atoms with Crippen LogP contribution in [-0.4, -0.2) is 19.6 Å². The van der Waals surface area contributed by atoms with Crippen molar-refractivity contribution < 1.29 is 9.53 Å². The Labute approximate surface area is 162 Å². The van der Waals surface area contributed by atoms with Gasteiger partial charge in [-0.15, -0.1) is 0 Å². The Bertz CT molecular complexity index is 952. The maximum atomic E-state index is 13.1. The molecule has 0 N–H and O–H groups in total. The summed E-state index contributed by atoms with van der Waals surface area (Å²) in [6.07, 6.45) is 0.296. The van der Waals surface area contributed by atoms with Crippen molar-refractivity contribution in [1.29, 1.82) is 0 Å². The molecule has 3 rings (SSSR count). The van der Waals surface area contributed by atoms with Crippen molar-refractivity contribution in [3.63, 3.8) is 0 Å². The minimum Gasteiger partial charge on any atom is -0.496 e. The van der Waals surface area contributed by atoms with Crippen LogP contribution in [0.25, 0.3) is 10.8 Å². The molecule has 1 amide bonds. The summed E-state index contributed by atoms with van der Waals surface area (Å²) in [5.74, 6) is 0.806. The summed E-state index contributed by atoms with van der Waals surface area (Å²) in [7, 11) is 1.64. The van der Waals surface area contributed by atoms with Gasteiger partial charge in [0, 0.05) is 22.3 Å². The number of carbonyl (C=O) groups is 1. The zero-order valence-corrected chi connectivity index (χ0v) is 16.8. The van der Waals surface area contributed by atoms with Gasteiger partial charge in [0.25, 0.3) is 0 Å². The number of likely N-dealkylation sites (N-methyl/N-ethyl adjacent to an activating group) is 1. The lowest BCUT2D eigenvalue weighted by Gasteiger charge is -2.22. The van der Waals surface area contributed by atoms with E-state index in [9.17, 15) is 4.79 Å². The molecule has 0 aromatic heterocycles. The number of amides is 1. The van der Waals surface area contributed by atoms with Gasteiger partial charge in [0.05, 0.1) is 13.5 Å². The topological polar surface area (TPSA) is 29.5 Å². The molecule has 0 radical (unpaired) electrons. The lowest BCUT2D eigenvalue weighted by molar-refractivity contribution is -0.117. The number of hydrogen-bond acceptors (Lipinski definition) is 2. The first-order valence-electron chi connectivity index (χ1n) is 8.65. The molecule has 134 valence electrons. The van der Waals surface area contributed by atoms with E-state index < -0.39 is 0 Å². The van der Waals surface area contributed by atoms with E-state index in [0.717, 1.165) is 37.8 Å². The minimum absolute atomic E-state index is 0.0619. The van der Waals surface area contributed by atoms with Crippen LogP contribution in [0, 0.1) is 6.92 Å². The number of hydrogen-bond donors (Lipinski definition) is 0. The van der Waals surface area contributed by atoms with E-state index in [1.165, 1.54) is 0 Å². The van der Waals surface area contributed by atoms with Crippen molar-refractivity contribution >= 4 is 38.3 Å². The third-order valence-corrected chi connectivity index (χ3v) is 5.02. The molecule has 3 aromatic rings. The Hall–Kier alpha value is -2.33. The normalized spacial score (nSPS) is 10.8. The number of methoxy groups -OCH3 is 1. The van der Waals surface area contributed by atoms with Gasteiger partial charge in [-0.3, -0.25) is 4.79 Å². The number of carbonyl (C=O) groups excluding carboxylic acids is 1. The smallest absolute Gasteiger partial charge is 0.231 e. The highest BCUT2D eigenvalue weighted by Crippen LogP contribution is 2.31. The number of fused-ring (bicyclic) bond motifs is 1. The van der Waals surface area contributed by atoms with E-state index in [1.807, 2.05) is 67.3 Å². The van der Waals surface area contributed by atoms with E-state index >= 15 is 0 Å². The molecular weight excluding hydrogens is 390 g/mol. The van der Waals surface area contributed by atoms with Gasteiger partial charge in [-0.2, -0.15) is 0 Å². The number of benzene rings is 3. The van der Waals surface area contributed by atoms with Crippen LogP contribution < -0.4 is 9.64 Å². The maximum Gasteiger partial charge on any atom is 0.231 e. The largest absolute Gasteiger partial charge is 0.496 e. The van der Waals surface area contributed by atoms with Crippen molar-refractivity contribution in [3.8, 4) is 5.75 Å². The first kappa shape index (κ1) is 18.5. The van der Waals surface area contributed by atoms with Crippen LogP contribution in [-0.2, 0) is 11.2 Å². The first-order valence-corrected chi connectivity index (χ1v) is 9.45. The predicted octanol–water partition coefficient (Wildman–Crippen LogP) is 5.51. The molecule has 4 heteroatoms. The van der Waals surface area contributed by atoms with Crippen LogP contribution >= 0.6 is 15.9 Å². The Kier molecular flexibility index (Phi) is 5.62. The van der Waals surface area contributed by atoms with Gasteiger partial charge >= 0.3 is 0 Å². The van der Waals surface area contributed by atoms with Crippen molar-refractivity contribution in [2.75, 3.05) is 18.6 Å². The van der Waals surface area contributed by atoms with E-state index in [0.29, 0.717) is 13.0 Å². The SMILES string of the molecule is CCN(C(=O)Cc1c(OC)ccc2cc(Br)ccc12)c1cccc(C)c1. The first-order chi connectivity index (χ1) is 12.5. The summed E-state index contributed by atoms with van der Waals surface area (Å²) in [6.45, 7) is 4.66. The average molecular weight is 412 g/mol. The van der Waals surface area contributed by atoms with Gasteiger partial charge in [0.15, 0.2) is 0 Å². The molecular formula is C22H22BrNO2. The number of anilines is 1. The summed E-state index contributed by atoms with van der Waals surface area (Å²) in [5, 5.41) is 2.13. The van der Waals surface area contributed by atoms with Crippen LogP contribution in [0.3, 0.4) is 0 Å². The molecule has 0 aliphatic carbocycles. The molecule has 3 nitrogen and oxygen atoms in total. The highest BCUT2D eigenvalue weighted by molar-refractivity contribution is 9.10. The molecule has 0 saturated carbocycles. The van der Waals surface area contributed by atoms with E-state index in [1.54, 1.807) is 7.11 Å². The van der Waals surface area contributed by atoms with Crippen molar-refractivity contribution in [3.05, 3.63) is 70.2 Å². The molecule has 0 fully saturated rings. The van der Waals surface area contributed by atoms with Crippen LogP contribution in [0.1, 0.15) is 18.1 Å². The molecule has 0 atom stereocenters. The lowest BCUT2D eigenvalue weighted by Crippen LogP contribution is -2.32. The third kappa shape index (κ3) is 3.75. The quantitative estimate of drug-likeness (QED) is 0.553. The summed E-state index contributed by atoms with van der Waals surface area (Å²) in [4.78, 5) is 14.9. The van der Waals surface area contributed by atoms with Gasteiger partial charge in [0.1, 0.15) is 5.75 Å². The van der Waals surface area contributed by atoms with Gasteiger partial charge in [-0.05, 0) is 60.5 Å². The number of nitrogens with zero attached hydrogens (tertiary/aromatic N) is 1. The molecule has 0 spiro atoms. The van der Waals surface area contributed by atoms with E-state index in [4.69, 9.17) is 4.74 Å². The van der Waals surface area contributed by atoms with Crippen LogP contribution in [0.15, 0.2) is 59.1 Å². The third-order valence-electron chi connectivity index (χ3n) is 4.53. The lowest BCUT2D eigenvalue weighted by atomic mass is 10.00. The fourth-order valence-electron chi connectivity index (χ4n) is 3.26. The summed E-state index contributed by atoms with van der Waals surface area (Å²) in [5.41, 5.74) is 2.99. The number of aryl methyl sites for hydroxylation is 1. The second-order valence-electron chi connectivity index (χ2n) is 6.27. The Morgan fingerprint density at radius 1 is 1.12 bits per heavy atom.